The molecule has 5 nitrogen and oxygen atoms in total. The Kier molecular flexibility index (Phi) is 4.28. The van der Waals surface area contributed by atoms with E-state index in [-0.39, 0.29) is 29.9 Å². The van der Waals surface area contributed by atoms with Gasteiger partial charge in [-0.2, -0.15) is 4.31 Å². The Bertz CT molecular complexity index is 682. The molecule has 1 aromatic carbocycles. The zero-order chi connectivity index (χ0) is 15.9. The topological polar surface area (TPSA) is 74.7 Å². The molecule has 0 radical (unpaired) electrons. The fourth-order valence-corrected chi connectivity index (χ4v) is 4.36. The number of carboxylic acids is 1. The highest BCUT2D eigenvalue weighted by atomic mass is 35.5. The molecular formula is C13H15ClFNO4S. The molecule has 0 amide bonds. The molecule has 8 heteroatoms. The van der Waals surface area contributed by atoms with E-state index in [2.05, 4.69) is 0 Å². The van der Waals surface area contributed by atoms with Gasteiger partial charge < -0.3 is 5.11 Å². The Morgan fingerprint density at radius 2 is 1.86 bits per heavy atom. The minimum Gasteiger partial charge on any atom is -0.478 e. The van der Waals surface area contributed by atoms with Crippen molar-refractivity contribution in [1.82, 2.24) is 4.31 Å². The number of nitrogens with zero attached hydrogens (tertiary/aromatic N) is 1. The van der Waals surface area contributed by atoms with Gasteiger partial charge in [0.2, 0.25) is 10.0 Å². The summed E-state index contributed by atoms with van der Waals surface area (Å²) in [4.78, 5) is 10.3. The monoisotopic (exact) mass is 335 g/mol. The molecule has 1 aromatic rings. The predicted octanol–water partition coefficient (Wildman–Crippen LogP) is 2.45. The molecule has 1 N–H and O–H groups in total. The van der Waals surface area contributed by atoms with Crippen molar-refractivity contribution in [2.75, 3.05) is 13.1 Å². The number of benzene rings is 1. The minimum atomic E-state index is -4.10. The van der Waals surface area contributed by atoms with E-state index in [1.165, 1.54) is 4.31 Å². The number of hydrogen-bond acceptors (Lipinski definition) is 3. The first kappa shape index (κ1) is 16.2. The van der Waals surface area contributed by atoms with E-state index in [0.717, 1.165) is 12.1 Å². The Morgan fingerprint density at radius 3 is 2.33 bits per heavy atom. The Hall–Kier alpha value is -1.18. The molecule has 0 aromatic heterocycles. The number of carboxylic acid groups (broad SMARTS) is 1. The summed E-state index contributed by atoms with van der Waals surface area (Å²) in [6, 6.07) is 1.85. The van der Waals surface area contributed by atoms with Crippen molar-refractivity contribution in [2.45, 2.75) is 18.7 Å². The van der Waals surface area contributed by atoms with Crippen LogP contribution in [0, 0.1) is 17.7 Å². The molecular weight excluding hydrogens is 321 g/mol. The largest absolute Gasteiger partial charge is 0.478 e. The van der Waals surface area contributed by atoms with Gasteiger partial charge in [-0.1, -0.05) is 25.4 Å². The van der Waals surface area contributed by atoms with Crippen LogP contribution in [0.25, 0.3) is 0 Å². The predicted molar refractivity (Wildman–Crippen MR) is 75.5 cm³/mol. The lowest BCUT2D eigenvalue weighted by atomic mass is 10.0. The molecule has 116 valence electrons. The van der Waals surface area contributed by atoms with E-state index in [4.69, 9.17) is 16.7 Å². The molecule has 1 fully saturated rings. The zero-order valence-corrected chi connectivity index (χ0v) is 13.1. The second kappa shape index (κ2) is 5.55. The lowest BCUT2D eigenvalue weighted by Gasteiger charge is -2.17. The van der Waals surface area contributed by atoms with Crippen LogP contribution in [0.3, 0.4) is 0 Å². The Labute approximate surface area is 127 Å². The molecule has 1 saturated heterocycles. The fourth-order valence-electron chi connectivity index (χ4n) is 2.32. The summed E-state index contributed by atoms with van der Waals surface area (Å²) in [5.74, 6) is -2.53. The first-order valence-electron chi connectivity index (χ1n) is 6.37. The van der Waals surface area contributed by atoms with Gasteiger partial charge in [0.15, 0.2) is 5.82 Å². The first-order valence-corrected chi connectivity index (χ1v) is 8.19. The second-order valence-corrected chi connectivity index (χ2v) is 7.69. The van der Waals surface area contributed by atoms with Gasteiger partial charge in [0.1, 0.15) is 4.90 Å². The van der Waals surface area contributed by atoms with Crippen molar-refractivity contribution in [3.8, 4) is 0 Å². The Balaban J connectivity index is 2.53. The van der Waals surface area contributed by atoms with Crippen LogP contribution >= 0.6 is 11.6 Å². The van der Waals surface area contributed by atoms with Gasteiger partial charge in [-0.3, -0.25) is 0 Å². The summed E-state index contributed by atoms with van der Waals surface area (Å²) in [6.45, 7) is 4.38. The fraction of sp³-hybridized carbons (Fsp3) is 0.462. The molecule has 2 unspecified atom stereocenters. The quantitative estimate of drug-likeness (QED) is 0.920. The van der Waals surface area contributed by atoms with Crippen LogP contribution in [-0.2, 0) is 10.0 Å². The highest BCUT2D eigenvalue weighted by Crippen LogP contribution is 2.31. The normalized spacial score (nSPS) is 23.4. The van der Waals surface area contributed by atoms with Gasteiger partial charge in [-0.05, 0) is 24.0 Å². The van der Waals surface area contributed by atoms with Gasteiger partial charge in [0.05, 0.1) is 5.56 Å². The maximum absolute atomic E-state index is 14.2. The summed E-state index contributed by atoms with van der Waals surface area (Å²) < 4.78 is 40.4. The van der Waals surface area contributed by atoms with E-state index in [1.807, 2.05) is 13.8 Å². The van der Waals surface area contributed by atoms with Gasteiger partial charge in [0.25, 0.3) is 0 Å². The van der Waals surface area contributed by atoms with Crippen LogP contribution in [0.4, 0.5) is 4.39 Å². The molecule has 1 heterocycles. The minimum absolute atomic E-state index is 0.132. The molecule has 2 rings (SSSR count). The van der Waals surface area contributed by atoms with Crippen LogP contribution in [-0.4, -0.2) is 36.9 Å². The third kappa shape index (κ3) is 2.90. The van der Waals surface area contributed by atoms with Crippen LogP contribution in [0.2, 0.25) is 5.02 Å². The van der Waals surface area contributed by atoms with Crippen molar-refractivity contribution in [3.63, 3.8) is 0 Å². The third-order valence-corrected chi connectivity index (χ3v) is 5.86. The molecule has 0 spiro atoms. The third-order valence-electron chi connectivity index (χ3n) is 3.81. The second-order valence-electron chi connectivity index (χ2n) is 5.35. The van der Waals surface area contributed by atoms with E-state index >= 15 is 0 Å². The van der Waals surface area contributed by atoms with E-state index in [9.17, 15) is 17.6 Å². The van der Waals surface area contributed by atoms with Gasteiger partial charge >= 0.3 is 5.97 Å². The number of rotatable bonds is 3. The molecule has 0 bridgehead atoms. The SMILES string of the molecule is CC1CN(S(=O)(=O)c2cc(Cl)cc(C(=O)O)c2F)CC1C. The molecule has 1 aliphatic rings. The van der Waals surface area contributed by atoms with E-state index < -0.39 is 32.3 Å². The van der Waals surface area contributed by atoms with Crippen LogP contribution in [0.15, 0.2) is 17.0 Å². The number of aromatic carboxylic acids is 1. The van der Waals surface area contributed by atoms with Crippen LogP contribution in [0.1, 0.15) is 24.2 Å². The molecule has 1 aliphatic heterocycles. The maximum atomic E-state index is 14.2. The van der Waals surface area contributed by atoms with E-state index in [1.54, 1.807) is 0 Å². The van der Waals surface area contributed by atoms with Crippen LogP contribution in [0.5, 0.6) is 0 Å². The average molecular weight is 336 g/mol. The average Bonchev–Trinajstić information content (AvgIpc) is 2.72. The van der Waals surface area contributed by atoms with Gasteiger partial charge in [-0.15, -0.1) is 0 Å². The van der Waals surface area contributed by atoms with Crippen molar-refractivity contribution < 1.29 is 22.7 Å². The molecule has 21 heavy (non-hydrogen) atoms. The summed E-state index contributed by atoms with van der Waals surface area (Å²) in [6.07, 6.45) is 0. The van der Waals surface area contributed by atoms with Crippen molar-refractivity contribution in [1.29, 1.82) is 0 Å². The summed E-state index contributed by atoms with van der Waals surface area (Å²) in [7, 11) is -4.10. The van der Waals surface area contributed by atoms with E-state index in [0.29, 0.717) is 0 Å². The number of halogens is 2. The van der Waals surface area contributed by atoms with Crippen molar-refractivity contribution in [3.05, 3.63) is 28.5 Å². The number of carbonyl (C=O) groups is 1. The Morgan fingerprint density at radius 1 is 1.33 bits per heavy atom. The summed E-state index contributed by atoms with van der Waals surface area (Å²) >= 11 is 5.72. The summed E-state index contributed by atoms with van der Waals surface area (Å²) in [5.41, 5.74) is -0.749. The number of hydrogen-bond donors (Lipinski definition) is 1. The zero-order valence-electron chi connectivity index (χ0n) is 11.5. The highest BCUT2D eigenvalue weighted by Gasteiger charge is 2.37. The van der Waals surface area contributed by atoms with Crippen molar-refractivity contribution in [2.24, 2.45) is 11.8 Å². The summed E-state index contributed by atoms with van der Waals surface area (Å²) in [5, 5.41) is 8.79. The van der Waals surface area contributed by atoms with Crippen LogP contribution < -0.4 is 0 Å². The molecule has 0 aliphatic carbocycles. The lowest BCUT2D eigenvalue weighted by molar-refractivity contribution is 0.0691. The molecule has 2 atom stereocenters. The van der Waals surface area contributed by atoms with Crippen molar-refractivity contribution >= 4 is 27.6 Å². The lowest BCUT2D eigenvalue weighted by Crippen LogP contribution is -2.30. The van der Waals surface area contributed by atoms with Gasteiger partial charge in [-0.25, -0.2) is 17.6 Å². The first-order chi connectivity index (χ1) is 9.64. The number of sulfonamides is 1. The van der Waals surface area contributed by atoms with Gasteiger partial charge in [0, 0.05) is 18.1 Å². The molecule has 0 saturated carbocycles. The standard InChI is InChI=1S/C13H15ClFNO4S/c1-7-5-16(6-8(7)2)21(19,20)11-4-9(14)3-10(12(11)15)13(17)18/h3-4,7-8H,5-6H2,1-2H3,(H,17,18). The highest BCUT2D eigenvalue weighted by molar-refractivity contribution is 7.89. The smallest absolute Gasteiger partial charge is 0.338 e. The maximum Gasteiger partial charge on any atom is 0.338 e.